The van der Waals surface area contributed by atoms with Crippen LogP contribution in [0.4, 0.5) is 18.9 Å². The van der Waals surface area contributed by atoms with E-state index in [0.717, 1.165) is 12.1 Å². The molecular weight excluding hydrogens is 275 g/mol. The van der Waals surface area contributed by atoms with Crippen LogP contribution >= 0.6 is 15.9 Å². The van der Waals surface area contributed by atoms with Gasteiger partial charge in [0.05, 0.1) is 5.56 Å². The molecule has 0 aromatic heterocycles. The van der Waals surface area contributed by atoms with Gasteiger partial charge in [0, 0.05) is 15.7 Å². The summed E-state index contributed by atoms with van der Waals surface area (Å²) in [5, 5.41) is 0. The molecule has 0 bridgehead atoms. The number of ketones is 1. The molecular formula is C9H7BrF3NO. The van der Waals surface area contributed by atoms with Gasteiger partial charge in [-0.1, -0.05) is 0 Å². The third-order valence-corrected chi connectivity index (χ3v) is 2.48. The zero-order chi connectivity index (χ0) is 11.8. The third kappa shape index (κ3) is 2.50. The maximum atomic E-state index is 12.4. The summed E-state index contributed by atoms with van der Waals surface area (Å²) >= 11 is 2.98. The quantitative estimate of drug-likeness (QED) is 0.634. The molecule has 0 aliphatic rings. The van der Waals surface area contributed by atoms with Crippen molar-refractivity contribution in [3.63, 3.8) is 0 Å². The number of hydrogen-bond donors (Lipinski definition) is 1. The Hall–Kier alpha value is -1.04. The van der Waals surface area contributed by atoms with Crippen LogP contribution in [0.5, 0.6) is 0 Å². The smallest absolute Gasteiger partial charge is 0.398 e. The number of hydrogen-bond acceptors (Lipinski definition) is 2. The lowest BCUT2D eigenvalue weighted by molar-refractivity contribution is -0.136. The zero-order valence-corrected chi connectivity index (χ0v) is 9.24. The lowest BCUT2D eigenvalue weighted by atomic mass is 10.1. The number of nitrogen functional groups attached to an aromatic ring is 1. The minimum Gasteiger partial charge on any atom is -0.398 e. The second-order valence-corrected chi connectivity index (χ2v) is 3.83. The van der Waals surface area contributed by atoms with Crippen molar-refractivity contribution in [1.82, 2.24) is 0 Å². The summed E-state index contributed by atoms with van der Waals surface area (Å²) in [6, 6.07) is 1.83. The summed E-state index contributed by atoms with van der Waals surface area (Å²) in [4.78, 5) is 11.0. The maximum Gasteiger partial charge on any atom is 0.418 e. The summed E-state index contributed by atoms with van der Waals surface area (Å²) in [6.45, 7) is 1.19. The van der Waals surface area contributed by atoms with Crippen LogP contribution in [0.25, 0.3) is 0 Å². The van der Waals surface area contributed by atoms with Crippen LogP contribution in [0.15, 0.2) is 16.6 Å². The van der Waals surface area contributed by atoms with Crippen LogP contribution in [0, 0.1) is 0 Å². The van der Waals surface area contributed by atoms with Crippen LogP contribution in [0.3, 0.4) is 0 Å². The van der Waals surface area contributed by atoms with Crippen LogP contribution in [0.2, 0.25) is 0 Å². The number of rotatable bonds is 1. The number of alkyl halides is 3. The van der Waals surface area contributed by atoms with E-state index in [2.05, 4.69) is 15.9 Å². The second kappa shape index (κ2) is 3.84. The van der Waals surface area contributed by atoms with E-state index in [4.69, 9.17) is 5.73 Å². The topological polar surface area (TPSA) is 43.1 Å². The fraction of sp³-hybridized carbons (Fsp3) is 0.222. The molecule has 82 valence electrons. The Balaban J connectivity index is 3.43. The first-order chi connectivity index (χ1) is 6.73. The van der Waals surface area contributed by atoms with Crippen LogP contribution < -0.4 is 5.73 Å². The van der Waals surface area contributed by atoms with Gasteiger partial charge >= 0.3 is 6.18 Å². The number of carbonyl (C=O) groups excluding carboxylic acids is 1. The lowest BCUT2D eigenvalue weighted by Crippen LogP contribution is -2.11. The molecule has 15 heavy (non-hydrogen) atoms. The number of halogens is 4. The molecule has 1 aromatic carbocycles. The van der Waals surface area contributed by atoms with Crippen molar-refractivity contribution >= 4 is 27.4 Å². The Labute approximate surface area is 92.4 Å². The fourth-order valence-electron chi connectivity index (χ4n) is 1.10. The normalized spacial score (nSPS) is 11.5. The second-order valence-electron chi connectivity index (χ2n) is 2.97. The number of anilines is 1. The Morgan fingerprint density at radius 3 is 2.33 bits per heavy atom. The highest BCUT2D eigenvalue weighted by atomic mass is 79.9. The van der Waals surface area contributed by atoms with Gasteiger partial charge in [0.1, 0.15) is 0 Å². The van der Waals surface area contributed by atoms with Crippen LogP contribution in [0.1, 0.15) is 22.8 Å². The molecule has 6 heteroatoms. The standard InChI is InChI=1S/C9H7BrF3NO/c1-4(15)5-2-6(9(11,12)13)8(14)3-7(5)10/h2-3H,14H2,1H3. The first kappa shape index (κ1) is 12.0. The first-order valence-electron chi connectivity index (χ1n) is 3.90. The molecule has 1 rings (SSSR count). The van der Waals surface area contributed by atoms with Gasteiger partial charge in [0.25, 0.3) is 0 Å². The SMILES string of the molecule is CC(=O)c1cc(C(F)(F)F)c(N)cc1Br. The summed E-state index contributed by atoms with van der Waals surface area (Å²) in [5.74, 6) is -0.452. The zero-order valence-electron chi connectivity index (χ0n) is 7.65. The van der Waals surface area contributed by atoms with Crippen molar-refractivity contribution in [2.75, 3.05) is 5.73 Å². The molecule has 0 spiro atoms. The molecule has 0 aliphatic carbocycles. The summed E-state index contributed by atoms with van der Waals surface area (Å²) in [7, 11) is 0. The molecule has 1 aromatic rings. The van der Waals surface area contributed by atoms with Crippen molar-refractivity contribution in [3.8, 4) is 0 Å². The van der Waals surface area contributed by atoms with Crippen molar-refractivity contribution in [1.29, 1.82) is 0 Å². The summed E-state index contributed by atoms with van der Waals surface area (Å²) in [6.07, 6.45) is -4.55. The monoisotopic (exact) mass is 281 g/mol. The predicted octanol–water partition coefficient (Wildman–Crippen LogP) is 3.25. The maximum absolute atomic E-state index is 12.4. The van der Waals surface area contributed by atoms with Gasteiger partial charge in [-0.05, 0) is 35.0 Å². The highest BCUT2D eigenvalue weighted by Gasteiger charge is 2.34. The van der Waals surface area contributed by atoms with E-state index in [-0.39, 0.29) is 10.0 Å². The van der Waals surface area contributed by atoms with E-state index in [1.165, 1.54) is 6.92 Å². The molecule has 0 heterocycles. The predicted molar refractivity (Wildman–Crippen MR) is 53.6 cm³/mol. The Kier molecular flexibility index (Phi) is 3.08. The van der Waals surface area contributed by atoms with Crippen molar-refractivity contribution in [3.05, 3.63) is 27.7 Å². The highest BCUT2D eigenvalue weighted by Crippen LogP contribution is 2.36. The van der Waals surface area contributed by atoms with E-state index in [9.17, 15) is 18.0 Å². The third-order valence-electron chi connectivity index (χ3n) is 1.82. The minimum atomic E-state index is -4.55. The molecule has 2 N–H and O–H groups in total. The minimum absolute atomic E-state index is 0.0310. The molecule has 0 aliphatic heterocycles. The first-order valence-corrected chi connectivity index (χ1v) is 4.70. The molecule has 0 atom stereocenters. The molecule has 2 nitrogen and oxygen atoms in total. The number of Topliss-reactive ketones (excluding diaryl/α,β-unsaturated/α-hetero) is 1. The average Bonchev–Trinajstić information content (AvgIpc) is 2.00. The van der Waals surface area contributed by atoms with Gasteiger partial charge in [-0.2, -0.15) is 13.2 Å². The number of carbonyl (C=O) groups is 1. The summed E-state index contributed by atoms with van der Waals surface area (Å²) in [5.41, 5.74) is 3.79. The van der Waals surface area contributed by atoms with Crippen molar-refractivity contribution in [2.45, 2.75) is 13.1 Å². The van der Waals surface area contributed by atoms with Gasteiger partial charge < -0.3 is 5.73 Å². The molecule has 0 unspecified atom stereocenters. The van der Waals surface area contributed by atoms with E-state index in [1.807, 2.05) is 0 Å². The molecule has 0 fully saturated rings. The number of nitrogens with two attached hydrogens (primary N) is 1. The Morgan fingerprint density at radius 2 is 1.93 bits per heavy atom. The van der Waals surface area contributed by atoms with Gasteiger partial charge in [-0.25, -0.2) is 0 Å². The Bertz CT molecular complexity index is 415. The molecule has 0 saturated heterocycles. The van der Waals surface area contributed by atoms with Gasteiger partial charge in [0.2, 0.25) is 0 Å². The van der Waals surface area contributed by atoms with E-state index in [0.29, 0.717) is 0 Å². The largest absolute Gasteiger partial charge is 0.418 e. The molecule has 0 radical (unpaired) electrons. The summed E-state index contributed by atoms with van der Waals surface area (Å²) < 4.78 is 37.5. The van der Waals surface area contributed by atoms with Crippen molar-refractivity contribution < 1.29 is 18.0 Å². The van der Waals surface area contributed by atoms with Gasteiger partial charge in [-0.15, -0.1) is 0 Å². The average molecular weight is 282 g/mol. The van der Waals surface area contributed by atoms with Gasteiger partial charge in [-0.3, -0.25) is 4.79 Å². The molecule has 0 saturated carbocycles. The van der Waals surface area contributed by atoms with Crippen LogP contribution in [-0.4, -0.2) is 5.78 Å². The van der Waals surface area contributed by atoms with E-state index in [1.54, 1.807) is 0 Å². The molecule has 0 amide bonds. The Morgan fingerprint density at radius 1 is 1.40 bits per heavy atom. The fourth-order valence-corrected chi connectivity index (χ4v) is 1.74. The highest BCUT2D eigenvalue weighted by molar-refractivity contribution is 9.10. The van der Waals surface area contributed by atoms with Crippen molar-refractivity contribution in [2.24, 2.45) is 0 Å². The lowest BCUT2D eigenvalue weighted by Gasteiger charge is -2.12. The van der Waals surface area contributed by atoms with Crippen LogP contribution in [-0.2, 0) is 6.18 Å². The van der Waals surface area contributed by atoms with Gasteiger partial charge in [0.15, 0.2) is 5.78 Å². The number of benzene rings is 1. The van der Waals surface area contributed by atoms with E-state index >= 15 is 0 Å². The van der Waals surface area contributed by atoms with E-state index < -0.39 is 23.2 Å².